The molecule has 0 saturated carbocycles. The second-order valence-corrected chi connectivity index (χ2v) is 9.29. The molecule has 0 bridgehead atoms. The molecule has 1 aliphatic heterocycles. The van der Waals surface area contributed by atoms with Gasteiger partial charge in [0.1, 0.15) is 5.82 Å². The molecule has 2 aromatic rings. The van der Waals surface area contributed by atoms with Gasteiger partial charge in [-0.15, -0.1) is 0 Å². The van der Waals surface area contributed by atoms with E-state index in [1.54, 1.807) is 24.3 Å². The maximum atomic E-state index is 13.4. The summed E-state index contributed by atoms with van der Waals surface area (Å²) in [4.78, 5) is 16.7. The van der Waals surface area contributed by atoms with Crippen molar-refractivity contribution in [3.05, 3.63) is 59.4 Å². The minimum absolute atomic E-state index is 0.0143. The molecule has 0 aliphatic carbocycles. The van der Waals surface area contributed by atoms with Gasteiger partial charge in [0.05, 0.1) is 4.90 Å². The van der Waals surface area contributed by atoms with Crippen molar-refractivity contribution in [3.8, 4) is 0 Å². The van der Waals surface area contributed by atoms with Crippen LogP contribution in [0.2, 0.25) is 0 Å². The molecule has 1 fully saturated rings. The molecule has 6 nitrogen and oxygen atoms in total. The average Bonchev–Trinajstić information content (AvgIpc) is 2.70. The summed E-state index contributed by atoms with van der Waals surface area (Å²) in [6.07, 6.45) is 2.03. The highest BCUT2D eigenvalue weighted by atomic mass is 32.2. The van der Waals surface area contributed by atoms with Gasteiger partial charge in [0, 0.05) is 30.4 Å². The van der Waals surface area contributed by atoms with Gasteiger partial charge in [0.2, 0.25) is 0 Å². The molecule has 1 amide bonds. The number of hydrogen-bond acceptors (Lipinski definition) is 4. The summed E-state index contributed by atoms with van der Waals surface area (Å²) in [7, 11) is 0.192. The van der Waals surface area contributed by atoms with Crippen LogP contribution in [-0.2, 0) is 10.0 Å². The fraction of sp³-hybridized carbons (Fsp3) is 0.381. The minimum Gasteiger partial charge on any atom is -0.337 e. The van der Waals surface area contributed by atoms with E-state index in [2.05, 4.69) is 9.62 Å². The Labute approximate surface area is 171 Å². The van der Waals surface area contributed by atoms with E-state index in [0.717, 1.165) is 25.5 Å². The maximum Gasteiger partial charge on any atom is 0.261 e. The number of hydrogen-bond donors (Lipinski definition) is 1. The van der Waals surface area contributed by atoms with Crippen LogP contribution in [0.25, 0.3) is 0 Å². The molecule has 0 radical (unpaired) electrons. The third kappa shape index (κ3) is 4.94. The molecule has 156 valence electrons. The summed E-state index contributed by atoms with van der Waals surface area (Å²) < 4.78 is 40.9. The maximum absolute atomic E-state index is 13.4. The molecule has 1 atom stereocenters. The molecule has 3 rings (SSSR count). The van der Waals surface area contributed by atoms with Crippen molar-refractivity contribution in [1.29, 1.82) is 0 Å². The number of likely N-dealkylation sites (N-methyl/N-ethyl adjacent to an activating group) is 1. The van der Waals surface area contributed by atoms with Gasteiger partial charge in [-0.25, -0.2) is 12.8 Å². The van der Waals surface area contributed by atoms with E-state index in [-0.39, 0.29) is 16.4 Å². The molecular formula is C21H26FN3O3S. The fourth-order valence-electron chi connectivity index (χ4n) is 3.42. The number of carbonyl (C=O) groups is 1. The molecule has 1 saturated heterocycles. The topological polar surface area (TPSA) is 69.7 Å². The van der Waals surface area contributed by atoms with Crippen molar-refractivity contribution in [3.63, 3.8) is 0 Å². The number of piperidine rings is 1. The summed E-state index contributed by atoms with van der Waals surface area (Å²) in [5.74, 6) is -0.513. The van der Waals surface area contributed by atoms with Crippen LogP contribution in [0.5, 0.6) is 0 Å². The number of aryl methyl sites for hydroxylation is 1. The van der Waals surface area contributed by atoms with Crippen LogP contribution < -0.4 is 4.72 Å². The number of halogens is 1. The van der Waals surface area contributed by atoms with Crippen LogP contribution in [0.3, 0.4) is 0 Å². The molecule has 29 heavy (non-hydrogen) atoms. The zero-order valence-electron chi connectivity index (χ0n) is 16.9. The van der Waals surface area contributed by atoms with Crippen molar-refractivity contribution in [2.45, 2.75) is 30.7 Å². The van der Waals surface area contributed by atoms with Crippen molar-refractivity contribution < 1.29 is 17.6 Å². The lowest BCUT2D eigenvalue weighted by Gasteiger charge is -2.36. The van der Waals surface area contributed by atoms with Gasteiger partial charge in [0.25, 0.3) is 15.9 Å². The summed E-state index contributed by atoms with van der Waals surface area (Å²) in [5.41, 5.74) is 1.12. The van der Waals surface area contributed by atoms with E-state index >= 15 is 0 Å². The second-order valence-electron chi connectivity index (χ2n) is 7.60. The van der Waals surface area contributed by atoms with Crippen LogP contribution in [0.1, 0.15) is 28.8 Å². The van der Waals surface area contributed by atoms with E-state index in [0.29, 0.717) is 23.8 Å². The number of amides is 1. The Balaban J connectivity index is 1.71. The third-order valence-electron chi connectivity index (χ3n) is 5.24. The Morgan fingerprint density at radius 1 is 1.17 bits per heavy atom. The molecular weight excluding hydrogens is 393 g/mol. The van der Waals surface area contributed by atoms with E-state index < -0.39 is 15.8 Å². The number of sulfonamides is 1. The fourth-order valence-corrected chi connectivity index (χ4v) is 4.57. The van der Waals surface area contributed by atoms with Crippen LogP contribution in [0.4, 0.5) is 10.1 Å². The average molecular weight is 420 g/mol. The molecule has 1 heterocycles. The molecule has 1 aliphatic rings. The standard InChI is InChI=1S/C21H26FN3O3S/c1-15-13-19(10-11-20(15)22)29(27,28)23-17-8-6-16(7-9-17)21(26)25-12-4-5-18(14-25)24(2)3/h6-11,13,18,23H,4-5,12,14H2,1-3H3. The molecule has 8 heteroatoms. The van der Waals surface area contributed by atoms with Gasteiger partial charge in [-0.2, -0.15) is 0 Å². The number of benzene rings is 2. The van der Waals surface area contributed by atoms with Crippen molar-refractivity contribution in [1.82, 2.24) is 9.80 Å². The largest absolute Gasteiger partial charge is 0.337 e. The zero-order valence-corrected chi connectivity index (χ0v) is 17.7. The zero-order chi connectivity index (χ0) is 21.2. The van der Waals surface area contributed by atoms with Gasteiger partial charge in [0.15, 0.2) is 0 Å². The number of likely N-dealkylation sites (tertiary alicyclic amines) is 1. The Bertz CT molecular complexity index is 991. The first-order valence-corrected chi connectivity index (χ1v) is 11.0. The summed E-state index contributed by atoms with van der Waals surface area (Å²) >= 11 is 0. The highest BCUT2D eigenvalue weighted by molar-refractivity contribution is 7.92. The SMILES string of the molecule is Cc1cc(S(=O)(=O)Nc2ccc(C(=O)N3CCCC(N(C)C)C3)cc2)ccc1F. The molecule has 1 unspecified atom stereocenters. The van der Waals surface area contributed by atoms with Crippen molar-refractivity contribution in [2.24, 2.45) is 0 Å². The van der Waals surface area contributed by atoms with Gasteiger partial charge in [-0.3, -0.25) is 9.52 Å². The number of nitrogens with zero attached hydrogens (tertiary/aromatic N) is 2. The second kappa shape index (κ2) is 8.51. The molecule has 2 aromatic carbocycles. The lowest BCUT2D eigenvalue weighted by Crippen LogP contribution is -2.47. The van der Waals surface area contributed by atoms with Crippen LogP contribution in [-0.4, -0.2) is 57.4 Å². The van der Waals surface area contributed by atoms with E-state index in [4.69, 9.17) is 0 Å². The van der Waals surface area contributed by atoms with Crippen LogP contribution in [0.15, 0.2) is 47.4 Å². The van der Waals surface area contributed by atoms with E-state index in [1.165, 1.54) is 19.1 Å². The van der Waals surface area contributed by atoms with Gasteiger partial charge in [-0.05, 0) is 81.9 Å². The lowest BCUT2D eigenvalue weighted by molar-refractivity contribution is 0.0635. The van der Waals surface area contributed by atoms with Crippen molar-refractivity contribution >= 4 is 21.6 Å². The molecule has 0 aromatic heterocycles. The highest BCUT2D eigenvalue weighted by Crippen LogP contribution is 2.21. The Morgan fingerprint density at radius 2 is 1.86 bits per heavy atom. The monoisotopic (exact) mass is 419 g/mol. The molecule has 1 N–H and O–H groups in total. The summed E-state index contributed by atoms with van der Waals surface area (Å²) in [5, 5.41) is 0. The van der Waals surface area contributed by atoms with Crippen LogP contribution >= 0.6 is 0 Å². The smallest absolute Gasteiger partial charge is 0.261 e. The predicted molar refractivity (Wildman–Crippen MR) is 111 cm³/mol. The highest BCUT2D eigenvalue weighted by Gasteiger charge is 2.25. The van der Waals surface area contributed by atoms with E-state index in [1.807, 2.05) is 19.0 Å². The Kier molecular flexibility index (Phi) is 6.24. The number of rotatable bonds is 5. The summed E-state index contributed by atoms with van der Waals surface area (Å²) in [6.45, 7) is 2.92. The first kappa shape index (κ1) is 21.3. The van der Waals surface area contributed by atoms with Gasteiger partial charge >= 0.3 is 0 Å². The quantitative estimate of drug-likeness (QED) is 0.809. The first-order valence-electron chi connectivity index (χ1n) is 9.52. The molecule has 0 spiro atoms. The Hall–Kier alpha value is -2.45. The normalized spacial score (nSPS) is 17.4. The first-order chi connectivity index (χ1) is 13.7. The number of carbonyl (C=O) groups excluding carboxylic acids is 1. The van der Waals surface area contributed by atoms with E-state index in [9.17, 15) is 17.6 Å². The number of nitrogens with one attached hydrogen (secondary N) is 1. The van der Waals surface area contributed by atoms with Gasteiger partial charge in [-0.1, -0.05) is 0 Å². The van der Waals surface area contributed by atoms with Crippen molar-refractivity contribution in [2.75, 3.05) is 31.9 Å². The Morgan fingerprint density at radius 3 is 2.48 bits per heavy atom. The third-order valence-corrected chi connectivity index (χ3v) is 6.62. The summed E-state index contributed by atoms with van der Waals surface area (Å²) in [6, 6.07) is 10.4. The number of anilines is 1. The predicted octanol–water partition coefficient (Wildman–Crippen LogP) is 3.10. The minimum atomic E-state index is -3.84. The van der Waals surface area contributed by atoms with Crippen LogP contribution in [0, 0.1) is 12.7 Å². The lowest BCUT2D eigenvalue weighted by atomic mass is 10.0. The van der Waals surface area contributed by atoms with Gasteiger partial charge < -0.3 is 9.80 Å².